The Balaban J connectivity index is 1.38. The fraction of sp³-hybridized carbons (Fsp3) is 0.375. The van der Waals surface area contributed by atoms with Crippen molar-refractivity contribution in [3.8, 4) is 0 Å². The van der Waals surface area contributed by atoms with Gasteiger partial charge in [-0.15, -0.1) is 0 Å². The SMILES string of the molecule is Cc1ccc(C(=O)CCC(=O)N2CCC(NC(=O)Cc3ccc(F)cc3)CC2)cc1. The summed E-state index contributed by atoms with van der Waals surface area (Å²) < 4.78 is 12.9. The molecular weight excluding hydrogens is 383 g/mol. The maximum Gasteiger partial charge on any atom is 0.224 e. The summed E-state index contributed by atoms with van der Waals surface area (Å²) in [6.07, 6.45) is 1.99. The molecule has 0 unspecified atom stereocenters. The van der Waals surface area contributed by atoms with Gasteiger partial charge in [-0.1, -0.05) is 42.0 Å². The molecule has 0 aromatic heterocycles. The van der Waals surface area contributed by atoms with E-state index in [1.807, 2.05) is 19.1 Å². The lowest BCUT2D eigenvalue weighted by Crippen LogP contribution is -2.46. The number of nitrogens with zero attached hydrogens (tertiary/aromatic N) is 1. The van der Waals surface area contributed by atoms with Crippen molar-refractivity contribution in [1.29, 1.82) is 0 Å². The minimum atomic E-state index is -0.322. The first-order valence-corrected chi connectivity index (χ1v) is 10.3. The minimum Gasteiger partial charge on any atom is -0.353 e. The van der Waals surface area contributed by atoms with Gasteiger partial charge < -0.3 is 10.2 Å². The molecule has 0 aliphatic carbocycles. The lowest BCUT2D eigenvalue weighted by molar-refractivity contribution is -0.132. The molecule has 0 radical (unpaired) electrons. The van der Waals surface area contributed by atoms with Gasteiger partial charge in [0.15, 0.2) is 5.78 Å². The van der Waals surface area contributed by atoms with Crippen LogP contribution in [0.1, 0.15) is 47.2 Å². The number of Topliss-reactive ketones (excluding diaryl/α,β-unsaturated/α-hetero) is 1. The summed E-state index contributed by atoms with van der Waals surface area (Å²) in [5.41, 5.74) is 2.49. The number of carbonyl (C=O) groups excluding carboxylic acids is 3. The second-order valence-corrected chi connectivity index (χ2v) is 7.82. The van der Waals surface area contributed by atoms with E-state index >= 15 is 0 Å². The standard InChI is InChI=1S/C24H27FN2O3/c1-17-2-6-19(7-3-17)22(28)10-11-24(30)27-14-12-21(13-15-27)26-23(29)16-18-4-8-20(25)9-5-18/h2-9,21H,10-16H2,1H3,(H,26,29). The van der Waals surface area contributed by atoms with E-state index in [2.05, 4.69) is 5.32 Å². The number of hydrogen-bond acceptors (Lipinski definition) is 3. The van der Waals surface area contributed by atoms with Crippen LogP contribution in [-0.2, 0) is 16.0 Å². The molecule has 158 valence electrons. The average Bonchev–Trinajstić information content (AvgIpc) is 2.74. The lowest BCUT2D eigenvalue weighted by atomic mass is 10.0. The quantitative estimate of drug-likeness (QED) is 0.711. The van der Waals surface area contributed by atoms with Crippen molar-refractivity contribution in [2.24, 2.45) is 0 Å². The van der Waals surface area contributed by atoms with Crippen molar-refractivity contribution in [2.75, 3.05) is 13.1 Å². The Labute approximate surface area is 176 Å². The first-order chi connectivity index (χ1) is 14.4. The van der Waals surface area contributed by atoms with Crippen LogP contribution in [0.4, 0.5) is 4.39 Å². The van der Waals surface area contributed by atoms with Gasteiger partial charge in [0.05, 0.1) is 6.42 Å². The lowest BCUT2D eigenvalue weighted by Gasteiger charge is -2.32. The van der Waals surface area contributed by atoms with E-state index in [0.29, 0.717) is 31.5 Å². The van der Waals surface area contributed by atoms with Crippen LogP contribution < -0.4 is 5.32 Å². The molecule has 2 aromatic rings. The normalized spacial score (nSPS) is 14.4. The zero-order chi connectivity index (χ0) is 21.5. The molecule has 0 saturated carbocycles. The third-order valence-corrected chi connectivity index (χ3v) is 5.43. The van der Waals surface area contributed by atoms with Gasteiger partial charge in [-0.05, 0) is 37.5 Å². The van der Waals surface area contributed by atoms with E-state index in [0.717, 1.165) is 11.1 Å². The molecule has 6 heteroatoms. The predicted octanol–water partition coefficient (Wildman–Crippen LogP) is 3.45. The first-order valence-electron chi connectivity index (χ1n) is 10.3. The van der Waals surface area contributed by atoms with Crippen LogP contribution in [0.15, 0.2) is 48.5 Å². The third kappa shape index (κ3) is 6.24. The van der Waals surface area contributed by atoms with E-state index in [1.165, 1.54) is 12.1 Å². The highest BCUT2D eigenvalue weighted by molar-refractivity contribution is 5.98. The largest absolute Gasteiger partial charge is 0.353 e. The third-order valence-electron chi connectivity index (χ3n) is 5.43. The molecule has 1 heterocycles. The Hall–Kier alpha value is -3.02. The monoisotopic (exact) mass is 410 g/mol. The predicted molar refractivity (Wildman–Crippen MR) is 113 cm³/mol. The summed E-state index contributed by atoms with van der Waals surface area (Å²) in [5.74, 6) is -0.468. The van der Waals surface area contributed by atoms with E-state index in [4.69, 9.17) is 0 Å². The van der Waals surface area contributed by atoms with Gasteiger partial charge in [-0.25, -0.2) is 4.39 Å². The number of ketones is 1. The highest BCUT2D eigenvalue weighted by Gasteiger charge is 2.24. The molecule has 2 aromatic carbocycles. The molecule has 1 fully saturated rings. The summed E-state index contributed by atoms with van der Waals surface area (Å²) in [4.78, 5) is 38.6. The smallest absolute Gasteiger partial charge is 0.224 e. The van der Waals surface area contributed by atoms with Crippen LogP contribution in [-0.4, -0.2) is 41.6 Å². The minimum absolute atomic E-state index is 0.0217. The van der Waals surface area contributed by atoms with Gasteiger partial charge in [-0.2, -0.15) is 0 Å². The molecule has 0 atom stereocenters. The molecular formula is C24H27FN2O3. The Morgan fingerprint density at radius 3 is 2.23 bits per heavy atom. The van der Waals surface area contributed by atoms with Crippen molar-refractivity contribution in [1.82, 2.24) is 10.2 Å². The number of nitrogens with one attached hydrogen (secondary N) is 1. The molecule has 3 rings (SSSR count). The second-order valence-electron chi connectivity index (χ2n) is 7.82. The zero-order valence-electron chi connectivity index (χ0n) is 17.2. The molecule has 1 saturated heterocycles. The van der Waals surface area contributed by atoms with Gasteiger partial charge in [0.1, 0.15) is 5.82 Å². The molecule has 1 N–H and O–H groups in total. The van der Waals surface area contributed by atoms with Crippen molar-refractivity contribution >= 4 is 17.6 Å². The Morgan fingerprint density at radius 2 is 1.60 bits per heavy atom. The maximum atomic E-state index is 12.9. The van der Waals surface area contributed by atoms with Crippen LogP contribution in [0.2, 0.25) is 0 Å². The van der Waals surface area contributed by atoms with Crippen LogP contribution in [0.25, 0.3) is 0 Å². The molecule has 0 bridgehead atoms. The molecule has 5 nitrogen and oxygen atoms in total. The molecule has 2 amide bonds. The summed E-state index contributed by atoms with van der Waals surface area (Å²) in [6, 6.07) is 13.3. The van der Waals surface area contributed by atoms with Gasteiger partial charge >= 0.3 is 0 Å². The number of benzene rings is 2. The highest BCUT2D eigenvalue weighted by atomic mass is 19.1. The summed E-state index contributed by atoms with van der Waals surface area (Å²) >= 11 is 0. The maximum absolute atomic E-state index is 12.9. The Morgan fingerprint density at radius 1 is 0.967 bits per heavy atom. The first kappa shape index (κ1) is 21.7. The van der Waals surface area contributed by atoms with Crippen molar-refractivity contribution in [3.63, 3.8) is 0 Å². The van der Waals surface area contributed by atoms with Crippen LogP contribution in [0, 0.1) is 12.7 Å². The fourth-order valence-corrected chi connectivity index (χ4v) is 3.60. The summed E-state index contributed by atoms with van der Waals surface area (Å²) in [6.45, 7) is 3.10. The highest BCUT2D eigenvalue weighted by Crippen LogP contribution is 2.14. The number of halogens is 1. The molecule has 0 spiro atoms. The number of rotatable bonds is 7. The van der Waals surface area contributed by atoms with Crippen molar-refractivity contribution in [2.45, 2.75) is 45.1 Å². The van der Waals surface area contributed by atoms with E-state index < -0.39 is 0 Å². The number of carbonyl (C=O) groups is 3. The Kier molecular flexibility index (Phi) is 7.33. The van der Waals surface area contributed by atoms with Crippen LogP contribution in [0.5, 0.6) is 0 Å². The summed E-state index contributed by atoms with van der Waals surface area (Å²) in [5, 5.41) is 2.99. The number of likely N-dealkylation sites (tertiary alicyclic amines) is 1. The van der Waals surface area contributed by atoms with Gasteiger partial charge in [0.2, 0.25) is 11.8 Å². The average molecular weight is 410 g/mol. The van der Waals surface area contributed by atoms with E-state index in [1.54, 1.807) is 29.2 Å². The van der Waals surface area contributed by atoms with Crippen molar-refractivity contribution in [3.05, 3.63) is 71.0 Å². The summed E-state index contributed by atoms with van der Waals surface area (Å²) in [7, 11) is 0. The van der Waals surface area contributed by atoms with Gasteiger partial charge in [-0.3, -0.25) is 14.4 Å². The van der Waals surface area contributed by atoms with Crippen LogP contribution in [0.3, 0.4) is 0 Å². The fourth-order valence-electron chi connectivity index (χ4n) is 3.60. The van der Waals surface area contributed by atoms with Gasteiger partial charge in [0.25, 0.3) is 0 Å². The second kappa shape index (κ2) is 10.1. The van der Waals surface area contributed by atoms with E-state index in [-0.39, 0.29) is 48.7 Å². The number of hydrogen-bond donors (Lipinski definition) is 1. The van der Waals surface area contributed by atoms with Crippen LogP contribution >= 0.6 is 0 Å². The number of aryl methyl sites for hydroxylation is 1. The Bertz CT molecular complexity index is 886. The topological polar surface area (TPSA) is 66.5 Å². The molecule has 30 heavy (non-hydrogen) atoms. The van der Waals surface area contributed by atoms with Gasteiger partial charge in [0, 0.05) is 37.5 Å². The van der Waals surface area contributed by atoms with E-state index in [9.17, 15) is 18.8 Å². The molecule has 1 aliphatic heterocycles. The molecule has 1 aliphatic rings. The van der Waals surface area contributed by atoms with Crippen molar-refractivity contribution < 1.29 is 18.8 Å². The number of piperidine rings is 1. The zero-order valence-corrected chi connectivity index (χ0v) is 17.2. The number of amides is 2.